The maximum atomic E-state index is 11.8. The first-order valence-electron chi connectivity index (χ1n) is 9.74. The van der Waals surface area contributed by atoms with Crippen LogP contribution < -0.4 is 10.6 Å². The number of carbonyl (C=O) groups excluding carboxylic acids is 1. The zero-order valence-electron chi connectivity index (χ0n) is 15.4. The van der Waals surface area contributed by atoms with Gasteiger partial charge in [0, 0.05) is 45.3 Å². The fraction of sp³-hybridized carbons (Fsp3) is 0.650. The van der Waals surface area contributed by atoms with Crippen LogP contribution in [0.4, 0.5) is 4.79 Å². The number of benzene rings is 1. The second kappa shape index (κ2) is 9.20. The van der Waals surface area contributed by atoms with E-state index in [1.165, 1.54) is 18.4 Å². The number of urea groups is 1. The molecule has 2 N–H and O–H groups in total. The molecule has 1 atom stereocenters. The monoisotopic (exact) mass is 344 g/mol. The lowest BCUT2D eigenvalue weighted by atomic mass is 10.2. The summed E-state index contributed by atoms with van der Waals surface area (Å²) >= 11 is 0. The van der Waals surface area contributed by atoms with Crippen molar-refractivity contribution in [2.75, 3.05) is 39.3 Å². The molecule has 1 aromatic rings. The summed E-state index contributed by atoms with van der Waals surface area (Å²) in [6, 6.07) is 11.0. The van der Waals surface area contributed by atoms with Gasteiger partial charge in [-0.15, -0.1) is 0 Å². The van der Waals surface area contributed by atoms with E-state index in [-0.39, 0.29) is 6.03 Å². The predicted molar refractivity (Wildman–Crippen MR) is 101 cm³/mol. The van der Waals surface area contributed by atoms with Crippen molar-refractivity contribution in [3.8, 4) is 0 Å². The Morgan fingerprint density at radius 3 is 2.48 bits per heavy atom. The molecule has 1 aromatic carbocycles. The quantitative estimate of drug-likeness (QED) is 0.712. The summed E-state index contributed by atoms with van der Waals surface area (Å²) in [4.78, 5) is 16.8. The molecule has 0 spiro atoms. The summed E-state index contributed by atoms with van der Waals surface area (Å²) in [6.45, 7) is 9.48. The van der Waals surface area contributed by atoms with E-state index in [2.05, 4.69) is 57.7 Å². The molecule has 3 rings (SSSR count). The third-order valence-electron chi connectivity index (χ3n) is 5.34. The maximum Gasteiger partial charge on any atom is 0.315 e. The molecule has 5 nitrogen and oxygen atoms in total. The van der Waals surface area contributed by atoms with Gasteiger partial charge in [-0.05, 0) is 44.2 Å². The zero-order valence-corrected chi connectivity index (χ0v) is 15.4. The Morgan fingerprint density at radius 2 is 1.80 bits per heavy atom. The average Bonchev–Trinajstić information content (AvgIpc) is 3.46. The van der Waals surface area contributed by atoms with Crippen molar-refractivity contribution >= 4 is 6.03 Å². The number of nitrogens with one attached hydrogen (secondary N) is 2. The van der Waals surface area contributed by atoms with Gasteiger partial charge in [-0.1, -0.05) is 30.3 Å². The topological polar surface area (TPSA) is 47.6 Å². The fourth-order valence-electron chi connectivity index (χ4n) is 3.49. The molecular weight excluding hydrogens is 312 g/mol. The summed E-state index contributed by atoms with van der Waals surface area (Å²) < 4.78 is 0. The third-order valence-corrected chi connectivity index (χ3v) is 5.34. The molecule has 138 valence electrons. The maximum absolute atomic E-state index is 11.8. The standard InChI is InChI=1S/C20H32N4O/c1-17(19-8-9-19)22-20(25)21-10-5-11-23-12-14-24(15-13-23)16-18-6-3-2-4-7-18/h2-4,6-7,17,19H,5,8-16H2,1H3,(H2,21,22,25). The zero-order chi connectivity index (χ0) is 17.5. The second-order valence-corrected chi connectivity index (χ2v) is 7.48. The van der Waals surface area contributed by atoms with E-state index in [9.17, 15) is 4.79 Å². The molecule has 5 heteroatoms. The van der Waals surface area contributed by atoms with Crippen LogP contribution in [0.3, 0.4) is 0 Å². The largest absolute Gasteiger partial charge is 0.338 e. The molecule has 2 fully saturated rings. The summed E-state index contributed by atoms with van der Waals surface area (Å²) in [5.74, 6) is 0.706. The van der Waals surface area contributed by atoms with Crippen LogP contribution in [-0.4, -0.2) is 61.1 Å². The Kier molecular flexibility index (Phi) is 6.70. The van der Waals surface area contributed by atoms with Gasteiger partial charge in [-0.3, -0.25) is 4.90 Å². The molecule has 2 aliphatic rings. The molecule has 2 amide bonds. The van der Waals surface area contributed by atoms with Crippen LogP contribution in [0.2, 0.25) is 0 Å². The predicted octanol–water partition coefficient (Wildman–Crippen LogP) is 2.29. The molecule has 1 aliphatic carbocycles. The van der Waals surface area contributed by atoms with Gasteiger partial charge in [0.1, 0.15) is 0 Å². The van der Waals surface area contributed by atoms with Crippen LogP contribution in [0, 0.1) is 5.92 Å². The minimum absolute atomic E-state index is 0.00733. The van der Waals surface area contributed by atoms with E-state index >= 15 is 0 Å². The van der Waals surface area contributed by atoms with E-state index in [0.29, 0.717) is 12.0 Å². The van der Waals surface area contributed by atoms with E-state index in [0.717, 1.165) is 52.2 Å². The third kappa shape index (κ3) is 6.33. The lowest BCUT2D eigenvalue weighted by molar-refractivity contribution is 0.126. The molecule has 0 bridgehead atoms. The van der Waals surface area contributed by atoms with E-state index in [1.54, 1.807) is 0 Å². The van der Waals surface area contributed by atoms with Gasteiger partial charge in [0.2, 0.25) is 0 Å². The van der Waals surface area contributed by atoms with Crippen LogP contribution in [-0.2, 0) is 6.54 Å². The summed E-state index contributed by atoms with van der Waals surface area (Å²) in [6.07, 6.45) is 3.54. The Morgan fingerprint density at radius 1 is 1.12 bits per heavy atom. The van der Waals surface area contributed by atoms with E-state index in [4.69, 9.17) is 0 Å². The summed E-state index contributed by atoms with van der Waals surface area (Å²) in [7, 11) is 0. The van der Waals surface area contributed by atoms with Gasteiger partial charge in [-0.25, -0.2) is 4.79 Å². The first kappa shape index (κ1) is 18.2. The van der Waals surface area contributed by atoms with Crippen molar-refractivity contribution in [2.24, 2.45) is 5.92 Å². The molecule has 1 heterocycles. The molecule has 25 heavy (non-hydrogen) atoms. The number of rotatable bonds is 8. The molecule has 1 aliphatic heterocycles. The SMILES string of the molecule is CC(NC(=O)NCCCN1CCN(Cc2ccccc2)CC1)C1CC1. The summed E-state index contributed by atoms with van der Waals surface area (Å²) in [5, 5.41) is 6.03. The highest BCUT2D eigenvalue weighted by Gasteiger charge is 2.28. The Labute approximate surface area is 151 Å². The van der Waals surface area contributed by atoms with Gasteiger partial charge in [0.15, 0.2) is 0 Å². The van der Waals surface area contributed by atoms with Crippen molar-refractivity contribution < 1.29 is 4.79 Å². The number of amides is 2. The minimum atomic E-state index is -0.00733. The van der Waals surface area contributed by atoms with Crippen molar-refractivity contribution in [1.82, 2.24) is 20.4 Å². The van der Waals surface area contributed by atoms with Crippen LogP contribution in [0.5, 0.6) is 0 Å². The first-order valence-corrected chi connectivity index (χ1v) is 9.74. The second-order valence-electron chi connectivity index (χ2n) is 7.48. The van der Waals surface area contributed by atoms with Crippen LogP contribution in [0.1, 0.15) is 31.7 Å². The molecule has 0 aromatic heterocycles. The van der Waals surface area contributed by atoms with Crippen LogP contribution in [0.25, 0.3) is 0 Å². The van der Waals surface area contributed by atoms with E-state index < -0.39 is 0 Å². The normalized spacial score (nSPS) is 20.2. The highest BCUT2D eigenvalue weighted by Crippen LogP contribution is 2.32. The molecule has 1 saturated carbocycles. The van der Waals surface area contributed by atoms with Crippen LogP contribution >= 0.6 is 0 Å². The lowest BCUT2D eigenvalue weighted by Crippen LogP contribution is -2.47. The number of piperazine rings is 1. The van der Waals surface area contributed by atoms with Gasteiger partial charge < -0.3 is 15.5 Å². The minimum Gasteiger partial charge on any atom is -0.338 e. The smallest absolute Gasteiger partial charge is 0.315 e. The van der Waals surface area contributed by atoms with Gasteiger partial charge in [0.25, 0.3) is 0 Å². The molecule has 1 unspecified atom stereocenters. The van der Waals surface area contributed by atoms with Gasteiger partial charge in [-0.2, -0.15) is 0 Å². The van der Waals surface area contributed by atoms with Crippen LogP contribution in [0.15, 0.2) is 30.3 Å². The molecular formula is C20H32N4O. The Bertz CT molecular complexity index is 524. The average molecular weight is 345 g/mol. The van der Waals surface area contributed by atoms with Gasteiger partial charge in [0.05, 0.1) is 0 Å². The fourth-order valence-corrected chi connectivity index (χ4v) is 3.49. The highest BCUT2D eigenvalue weighted by molar-refractivity contribution is 5.74. The highest BCUT2D eigenvalue weighted by atomic mass is 16.2. The van der Waals surface area contributed by atoms with Crippen molar-refractivity contribution in [2.45, 2.75) is 38.8 Å². The number of carbonyl (C=O) groups is 1. The number of nitrogens with zero attached hydrogens (tertiary/aromatic N) is 2. The summed E-state index contributed by atoms with van der Waals surface area (Å²) in [5.41, 5.74) is 1.39. The molecule has 0 radical (unpaired) electrons. The molecule has 1 saturated heterocycles. The van der Waals surface area contributed by atoms with E-state index in [1.807, 2.05) is 0 Å². The Balaban J connectivity index is 1.23. The first-order chi connectivity index (χ1) is 12.2. The van der Waals surface area contributed by atoms with Gasteiger partial charge >= 0.3 is 6.03 Å². The number of hydrogen-bond acceptors (Lipinski definition) is 3. The van der Waals surface area contributed by atoms with Crippen molar-refractivity contribution in [3.05, 3.63) is 35.9 Å². The Hall–Kier alpha value is -1.59. The van der Waals surface area contributed by atoms with Crippen molar-refractivity contribution in [1.29, 1.82) is 0 Å². The van der Waals surface area contributed by atoms with Crippen molar-refractivity contribution in [3.63, 3.8) is 0 Å². The lowest BCUT2D eigenvalue weighted by Gasteiger charge is -2.34. The number of hydrogen-bond donors (Lipinski definition) is 2.